The Kier molecular flexibility index (Phi) is 7.01. The number of hydrogen-bond donors (Lipinski definition) is 3. The Morgan fingerprint density at radius 1 is 0.933 bits per heavy atom. The summed E-state index contributed by atoms with van der Waals surface area (Å²) in [6.07, 6.45) is 5.04. The molecular formula is C24H27N3O3. The van der Waals surface area contributed by atoms with Gasteiger partial charge in [-0.3, -0.25) is 14.4 Å². The number of hydrogen-bond acceptors (Lipinski definition) is 3. The Bertz CT molecular complexity index is 918. The second-order valence-corrected chi connectivity index (χ2v) is 7.59. The van der Waals surface area contributed by atoms with Crippen LogP contribution in [0.1, 0.15) is 43.9 Å². The van der Waals surface area contributed by atoms with Gasteiger partial charge in [0.05, 0.1) is 6.04 Å². The van der Waals surface area contributed by atoms with Crippen LogP contribution in [0.2, 0.25) is 0 Å². The minimum absolute atomic E-state index is 0.0648. The Morgan fingerprint density at radius 2 is 1.60 bits per heavy atom. The van der Waals surface area contributed by atoms with Crippen molar-refractivity contribution in [1.82, 2.24) is 10.6 Å². The van der Waals surface area contributed by atoms with Crippen LogP contribution in [0, 0.1) is 5.92 Å². The maximum atomic E-state index is 12.4. The molecule has 0 bridgehead atoms. The van der Waals surface area contributed by atoms with Gasteiger partial charge in [0.25, 0.3) is 0 Å². The zero-order valence-corrected chi connectivity index (χ0v) is 17.2. The molecular weight excluding hydrogens is 378 g/mol. The molecule has 1 aliphatic rings. The van der Waals surface area contributed by atoms with Gasteiger partial charge in [-0.1, -0.05) is 42.5 Å². The third kappa shape index (κ3) is 6.30. The van der Waals surface area contributed by atoms with Crippen LogP contribution < -0.4 is 16.0 Å². The lowest BCUT2D eigenvalue weighted by atomic mass is 10.1. The van der Waals surface area contributed by atoms with Crippen molar-refractivity contribution < 1.29 is 14.4 Å². The summed E-state index contributed by atoms with van der Waals surface area (Å²) in [4.78, 5) is 36.3. The van der Waals surface area contributed by atoms with Crippen LogP contribution >= 0.6 is 0 Å². The molecule has 0 radical (unpaired) electrons. The number of amides is 3. The van der Waals surface area contributed by atoms with Gasteiger partial charge >= 0.3 is 0 Å². The standard InChI is InChI=1S/C24H27N3O3/c1-16(19-11-13-21(14-12-19)27-24(30)20-9-10-20)26-23(29)17(2)25-22(28)15-8-18-6-4-3-5-7-18/h3-8,11-17,20H,9-10H2,1-2H3,(H,25,28)(H,26,29)(H,27,30)/b15-8+. The summed E-state index contributed by atoms with van der Waals surface area (Å²) < 4.78 is 0. The number of nitrogens with one attached hydrogen (secondary N) is 3. The van der Waals surface area contributed by atoms with E-state index in [0.717, 1.165) is 29.7 Å². The summed E-state index contributed by atoms with van der Waals surface area (Å²) in [5.41, 5.74) is 2.57. The van der Waals surface area contributed by atoms with Gasteiger partial charge < -0.3 is 16.0 Å². The molecule has 156 valence electrons. The fraction of sp³-hybridized carbons (Fsp3) is 0.292. The highest BCUT2D eigenvalue weighted by molar-refractivity contribution is 5.95. The third-order valence-electron chi connectivity index (χ3n) is 4.96. The summed E-state index contributed by atoms with van der Waals surface area (Å²) in [5.74, 6) is -0.378. The van der Waals surface area contributed by atoms with E-state index in [1.165, 1.54) is 6.08 Å². The van der Waals surface area contributed by atoms with Gasteiger partial charge in [-0.2, -0.15) is 0 Å². The van der Waals surface area contributed by atoms with E-state index in [1.807, 2.05) is 61.5 Å². The number of rotatable bonds is 8. The minimum Gasteiger partial charge on any atom is -0.348 e. The van der Waals surface area contributed by atoms with E-state index < -0.39 is 6.04 Å². The minimum atomic E-state index is -0.669. The van der Waals surface area contributed by atoms with Gasteiger partial charge in [-0.25, -0.2) is 0 Å². The van der Waals surface area contributed by atoms with Crippen LogP contribution in [0.5, 0.6) is 0 Å². The van der Waals surface area contributed by atoms with Crippen molar-refractivity contribution in [3.63, 3.8) is 0 Å². The van der Waals surface area contributed by atoms with Gasteiger partial charge in [0.15, 0.2) is 0 Å². The molecule has 0 spiro atoms. The molecule has 2 atom stereocenters. The average Bonchev–Trinajstić information content (AvgIpc) is 3.59. The lowest BCUT2D eigenvalue weighted by molar-refractivity contribution is -0.127. The SMILES string of the molecule is CC(NC(=O)/C=C/c1ccccc1)C(=O)NC(C)c1ccc(NC(=O)C2CC2)cc1. The van der Waals surface area contributed by atoms with Gasteiger partial charge in [0.2, 0.25) is 17.7 Å². The van der Waals surface area contributed by atoms with Crippen LogP contribution in [0.3, 0.4) is 0 Å². The molecule has 1 aliphatic carbocycles. The van der Waals surface area contributed by atoms with Crippen molar-refractivity contribution in [2.45, 2.75) is 38.8 Å². The van der Waals surface area contributed by atoms with Crippen LogP contribution in [-0.2, 0) is 14.4 Å². The van der Waals surface area contributed by atoms with Gasteiger partial charge in [-0.05, 0) is 56.0 Å². The van der Waals surface area contributed by atoms with E-state index in [2.05, 4.69) is 16.0 Å². The van der Waals surface area contributed by atoms with Crippen molar-refractivity contribution in [3.05, 3.63) is 71.8 Å². The summed E-state index contributed by atoms with van der Waals surface area (Å²) >= 11 is 0. The first-order valence-corrected chi connectivity index (χ1v) is 10.2. The fourth-order valence-corrected chi connectivity index (χ4v) is 2.93. The monoisotopic (exact) mass is 405 g/mol. The number of carbonyl (C=O) groups excluding carboxylic acids is 3. The van der Waals surface area contributed by atoms with E-state index in [-0.39, 0.29) is 29.7 Å². The summed E-state index contributed by atoms with van der Waals surface area (Å²) in [6, 6.07) is 16.0. The molecule has 3 N–H and O–H groups in total. The highest BCUT2D eigenvalue weighted by atomic mass is 16.2. The molecule has 0 heterocycles. The van der Waals surface area contributed by atoms with Crippen LogP contribution in [0.4, 0.5) is 5.69 Å². The highest BCUT2D eigenvalue weighted by Gasteiger charge is 2.29. The molecule has 3 rings (SSSR count). The Balaban J connectivity index is 1.47. The molecule has 0 saturated heterocycles. The molecule has 1 fully saturated rings. The van der Waals surface area contributed by atoms with Crippen molar-refractivity contribution in [3.8, 4) is 0 Å². The summed E-state index contributed by atoms with van der Waals surface area (Å²) in [7, 11) is 0. The molecule has 1 saturated carbocycles. The normalized spacial score (nSPS) is 15.3. The van der Waals surface area contributed by atoms with Crippen molar-refractivity contribution in [2.24, 2.45) is 5.92 Å². The first kappa shape index (κ1) is 21.3. The van der Waals surface area contributed by atoms with Gasteiger partial charge in [0.1, 0.15) is 6.04 Å². The van der Waals surface area contributed by atoms with E-state index in [9.17, 15) is 14.4 Å². The van der Waals surface area contributed by atoms with Gasteiger partial charge in [0, 0.05) is 17.7 Å². The smallest absolute Gasteiger partial charge is 0.244 e. The zero-order chi connectivity index (χ0) is 21.5. The molecule has 6 heteroatoms. The first-order valence-electron chi connectivity index (χ1n) is 10.2. The van der Waals surface area contributed by atoms with Crippen molar-refractivity contribution in [2.75, 3.05) is 5.32 Å². The van der Waals surface area contributed by atoms with E-state index in [1.54, 1.807) is 13.0 Å². The first-order chi connectivity index (χ1) is 14.4. The van der Waals surface area contributed by atoms with Crippen LogP contribution in [-0.4, -0.2) is 23.8 Å². The van der Waals surface area contributed by atoms with Crippen LogP contribution in [0.15, 0.2) is 60.7 Å². The van der Waals surface area contributed by atoms with Crippen molar-refractivity contribution in [1.29, 1.82) is 0 Å². The maximum absolute atomic E-state index is 12.4. The molecule has 6 nitrogen and oxygen atoms in total. The average molecular weight is 405 g/mol. The predicted octanol–water partition coefficient (Wildman–Crippen LogP) is 3.43. The molecule has 30 heavy (non-hydrogen) atoms. The third-order valence-corrected chi connectivity index (χ3v) is 4.96. The van der Waals surface area contributed by atoms with Crippen LogP contribution in [0.25, 0.3) is 6.08 Å². The molecule has 2 unspecified atom stereocenters. The second-order valence-electron chi connectivity index (χ2n) is 7.59. The lowest BCUT2D eigenvalue weighted by Gasteiger charge is -2.18. The molecule has 3 amide bonds. The number of benzene rings is 2. The highest BCUT2D eigenvalue weighted by Crippen LogP contribution is 2.30. The summed E-state index contributed by atoms with van der Waals surface area (Å²) in [5, 5.41) is 8.46. The Morgan fingerprint density at radius 3 is 2.23 bits per heavy atom. The lowest BCUT2D eigenvalue weighted by Crippen LogP contribution is -2.45. The zero-order valence-electron chi connectivity index (χ0n) is 17.2. The van der Waals surface area contributed by atoms with E-state index in [4.69, 9.17) is 0 Å². The van der Waals surface area contributed by atoms with E-state index in [0.29, 0.717) is 0 Å². The second kappa shape index (κ2) is 9.87. The number of anilines is 1. The van der Waals surface area contributed by atoms with E-state index >= 15 is 0 Å². The Labute approximate surface area is 176 Å². The molecule has 2 aromatic carbocycles. The Hall–Kier alpha value is -3.41. The summed E-state index contributed by atoms with van der Waals surface area (Å²) in [6.45, 7) is 3.52. The largest absolute Gasteiger partial charge is 0.348 e. The fourth-order valence-electron chi connectivity index (χ4n) is 2.93. The van der Waals surface area contributed by atoms with Gasteiger partial charge in [-0.15, -0.1) is 0 Å². The van der Waals surface area contributed by atoms with Crippen molar-refractivity contribution >= 4 is 29.5 Å². The molecule has 2 aromatic rings. The predicted molar refractivity (Wildman–Crippen MR) is 117 cm³/mol. The quantitative estimate of drug-likeness (QED) is 0.588. The molecule has 0 aliphatic heterocycles. The molecule has 0 aromatic heterocycles. The number of carbonyl (C=O) groups is 3. The topological polar surface area (TPSA) is 87.3 Å². The maximum Gasteiger partial charge on any atom is 0.244 e.